The number of nitrogens with zero attached hydrogens (tertiary/aromatic N) is 4. The van der Waals surface area contributed by atoms with Gasteiger partial charge in [-0.15, -0.1) is 0 Å². The van der Waals surface area contributed by atoms with Gasteiger partial charge in [-0.2, -0.15) is 0 Å². The van der Waals surface area contributed by atoms with Crippen LogP contribution in [0.2, 0.25) is 0 Å². The molecular formula is C37H86N4O2S. The normalized spacial score (nSPS) is 20.0. The Labute approximate surface area is 281 Å². The average Bonchev–Trinajstić information content (AvgIpc) is 3.02. The Kier molecular flexibility index (Phi) is 39.3. The van der Waals surface area contributed by atoms with E-state index in [4.69, 9.17) is 4.74 Å². The largest absolute Gasteiger partial charge is 0.379 e. The fourth-order valence-electron chi connectivity index (χ4n) is 4.68. The van der Waals surface area contributed by atoms with Crippen molar-refractivity contribution in [1.82, 2.24) is 19.6 Å². The van der Waals surface area contributed by atoms with Gasteiger partial charge in [-0.1, -0.05) is 61.8 Å². The third-order valence-electron chi connectivity index (χ3n) is 7.75. The van der Waals surface area contributed by atoms with E-state index >= 15 is 0 Å². The van der Waals surface area contributed by atoms with E-state index in [9.17, 15) is 4.21 Å². The highest BCUT2D eigenvalue weighted by molar-refractivity contribution is 8.00. The van der Waals surface area contributed by atoms with E-state index in [0.29, 0.717) is 12.1 Å². The molecule has 0 aromatic heterocycles. The molecule has 44 heavy (non-hydrogen) atoms. The van der Waals surface area contributed by atoms with E-state index in [2.05, 4.69) is 80.9 Å². The van der Waals surface area contributed by atoms with Gasteiger partial charge in [0.15, 0.2) is 0 Å². The fourth-order valence-corrected chi connectivity index (χ4v) is 6.02. The van der Waals surface area contributed by atoms with Crippen LogP contribution < -0.4 is 0 Å². The van der Waals surface area contributed by atoms with E-state index < -0.39 is 9.52 Å². The lowest BCUT2D eigenvalue weighted by Crippen LogP contribution is -2.43. The van der Waals surface area contributed by atoms with Crippen LogP contribution in [0.5, 0.6) is 0 Å². The zero-order valence-electron chi connectivity index (χ0n) is 33.3. The van der Waals surface area contributed by atoms with Gasteiger partial charge < -0.3 is 14.5 Å². The standard InChI is InChI=1S/C8H17NOS.C8H17N.C7H15NO.C6H13N.4C2H6/c1-8(2)9-4-6-11(3,10)7-5-9;1-8(2)9-6-4-3-5-7-9;1-7(2)8-3-5-9-6-4-8;1-6(2)7-4-3-5-7;4*1-2/h8H,3-7H2,1-2H3;8H,3-7H2,1-2H3;7H,3-6H2,1-2H3;6H,3-5H2,1-2H3;4*1-2H3. The Balaban J connectivity index is -0.000000226. The van der Waals surface area contributed by atoms with Crippen LogP contribution >= 0.6 is 0 Å². The van der Waals surface area contributed by atoms with Crippen molar-refractivity contribution in [3.8, 4) is 0 Å². The number of piperidine rings is 1. The monoisotopic (exact) mass is 651 g/mol. The Morgan fingerprint density at radius 3 is 0.955 bits per heavy atom. The molecule has 0 amide bonds. The van der Waals surface area contributed by atoms with Gasteiger partial charge in [0, 0.05) is 61.9 Å². The van der Waals surface area contributed by atoms with Crippen LogP contribution in [-0.4, -0.2) is 131 Å². The minimum absolute atomic E-state index is 0.588. The summed E-state index contributed by atoms with van der Waals surface area (Å²) < 4.78 is 16.6. The Hall–Kier alpha value is -0.180. The molecule has 7 heteroatoms. The lowest BCUT2D eigenvalue weighted by molar-refractivity contribution is 0.0238. The molecule has 0 saturated carbocycles. The second kappa shape index (κ2) is 34.2. The van der Waals surface area contributed by atoms with E-state index in [-0.39, 0.29) is 0 Å². The van der Waals surface area contributed by atoms with Gasteiger partial charge in [-0.3, -0.25) is 14.0 Å². The predicted octanol–water partition coefficient (Wildman–Crippen LogP) is 8.24. The van der Waals surface area contributed by atoms with Crippen LogP contribution in [0.3, 0.4) is 0 Å². The van der Waals surface area contributed by atoms with Gasteiger partial charge in [0.2, 0.25) is 0 Å². The van der Waals surface area contributed by atoms with Crippen LogP contribution in [0.1, 0.15) is 136 Å². The molecule has 272 valence electrons. The van der Waals surface area contributed by atoms with Crippen LogP contribution in [0.4, 0.5) is 0 Å². The first-order chi connectivity index (χ1) is 20.9. The first-order valence-electron chi connectivity index (χ1n) is 18.8. The van der Waals surface area contributed by atoms with Crippen molar-refractivity contribution in [2.45, 2.75) is 161 Å². The van der Waals surface area contributed by atoms with Gasteiger partial charge in [-0.05, 0) is 116 Å². The summed E-state index contributed by atoms with van der Waals surface area (Å²) in [6.45, 7) is 45.2. The Bertz CT molecular complexity index is 602. The maximum absolute atomic E-state index is 11.4. The summed E-state index contributed by atoms with van der Waals surface area (Å²) in [5.74, 6) is 5.29. The zero-order valence-corrected chi connectivity index (χ0v) is 34.2. The maximum Gasteiger partial charge on any atom is 0.0594 e. The third-order valence-corrected chi connectivity index (χ3v) is 9.60. The number of morpholine rings is 1. The lowest BCUT2D eigenvalue weighted by Gasteiger charge is -2.34. The van der Waals surface area contributed by atoms with E-state index in [1.165, 1.54) is 51.9 Å². The molecule has 0 atom stereocenters. The van der Waals surface area contributed by atoms with Gasteiger partial charge in [-0.25, -0.2) is 0 Å². The highest BCUT2D eigenvalue weighted by Crippen LogP contribution is 2.11. The van der Waals surface area contributed by atoms with Crippen molar-refractivity contribution >= 4 is 15.4 Å². The van der Waals surface area contributed by atoms with Crippen LogP contribution in [-0.2, 0) is 14.3 Å². The molecule has 0 bridgehead atoms. The molecular weight excluding hydrogens is 565 g/mol. The van der Waals surface area contributed by atoms with Gasteiger partial charge in [0.25, 0.3) is 0 Å². The summed E-state index contributed by atoms with van der Waals surface area (Å²) in [6.07, 6.45) is 5.69. The Morgan fingerprint density at radius 1 is 0.455 bits per heavy atom. The molecule has 4 fully saturated rings. The summed E-state index contributed by atoms with van der Waals surface area (Å²) in [5, 5.41) is 0. The second-order valence-corrected chi connectivity index (χ2v) is 14.7. The van der Waals surface area contributed by atoms with Crippen LogP contribution in [0.15, 0.2) is 0 Å². The zero-order chi connectivity index (χ0) is 35.1. The molecule has 6 nitrogen and oxygen atoms in total. The molecule has 0 aliphatic carbocycles. The number of ether oxygens (including phenoxy) is 1. The number of hydrogen-bond donors (Lipinski definition) is 0. The molecule has 4 heterocycles. The summed E-state index contributed by atoms with van der Waals surface area (Å²) >= 11 is 0. The second-order valence-electron chi connectivity index (χ2n) is 11.9. The highest BCUT2D eigenvalue weighted by atomic mass is 32.2. The van der Waals surface area contributed by atoms with Crippen molar-refractivity contribution in [3.05, 3.63) is 0 Å². The minimum Gasteiger partial charge on any atom is -0.379 e. The number of rotatable bonds is 4. The molecule has 0 N–H and O–H groups in total. The highest BCUT2D eigenvalue weighted by Gasteiger charge is 2.19. The van der Waals surface area contributed by atoms with Gasteiger partial charge in [0.1, 0.15) is 0 Å². The SMILES string of the molecule is C=S1(=O)CCN(C(C)C)CC1.CC.CC.CC.CC.CC(C)N1CCC1.CC(C)N1CCCCC1.CC(C)N1CCOCC1. The van der Waals surface area contributed by atoms with Crippen molar-refractivity contribution in [2.24, 2.45) is 0 Å². The van der Waals surface area contributed by atoms with Crippen molar-refractivity contribution in [1.29, 1.82) is 0 Å². The Morgan fingerprint density at radius 2 is 0.727 bits per heavy atom. The lowest BCUT2D eigenvalue weighted by atomic mass is 10.1. The predicted molar refractivity (Wildman–Crippen MR) is 207 cm³/mol. The molecule has 0 radical (unpaired) electrons. The number of likely N-dealkylation sites (tertiary alicyclic amines) is 2. The van der Waals surface area contributed by atoms with E-state index in [0.717, 1.165) is 63.0 Å². The van der Waals surface area contributed by atoms with Crippen LogP contribution in [0.25, 0.3) is 0 Å². The van der Waals surface area contributed by atoms with Crippen molar-refractivity contribution < 1.29 is 8.95 Å². The van der Waals surface area contributed by atoms with E-state index in [1.807, 2.05) is 55.4 Å². The average molecular weight is 651 g/mol. The molecule has 0 spiro atoms. The number of hydrogen-bond acceptors (Lipinski definition) is 6. The van der Waals surface area contributed by atoms with Crippen molar-refractivity contribution in [2.75, 3.05) is 77.1 Å². The van der Waals surface area contributed by atoms with Crippen molar-refractivity contribution in [3.63, 3.8) is 0 Å². The fraction of sp³-hybridized carbons (Fsp3) is 0.973. The van der Waals surface area contributed by atoms with Gasteiger partial charge in [0.05, 0.1) is 13.2 Å². The van der Waals surface area contributed by atoms with Crippen LogP contribution in [0, 0.1) is 0 Å². The minimum atomic E-state index is -1.69. The molecule has 4 aliphatic heterocycles. The molecule has 4 aliphatic rings. The maximum atomic E-state index is 11.4. The smallest absolute Gasteiger partial charge is 0.0594 e. The molecule has 4 saturated heterocycles. The summed E-state index contributed by atoms with van der Waals surface area (Å²) in [7, 11) is -1.69. The quantitative estimate of drug-likeness (QED) is 0.286. The first kappa shape index (κ1) is 50.7. The summed E-state index contributed by atoms with van der Waals surface area (Å²) in [4.78, 5) is 9.82. The summed E-state index contributed by atoms with van der Waals surface area (Å²) in [6, 6.07) is 2.83. The topological polar surface area (TPSA) is 39.3 Å². The first-order valence-corrected chi connectivity index (χ1v) is 20.9. The molecule has 0 aromatic carbocycles. The van der Waals surface area contributed by atoms with E-state index in [1.54, 1.807) is 0 Å². The molecule has 0 aromatic rings. The summed E-state index contributed by atoms with van der Waals surface area (Å²) in [5.41, 5.74) is 0. The molecule has 0 unspecified atom stereocenters. The third kappa shape index (κ3) is 28.1. The molecule has 4 rings (SSSR count). The van der Waals surface area contributed by atoms with Gasteiger partial charge >= 0.3 is 0 Å².